The van der Waals surface area contributed by atoms with Crippen molar-refractivity contribution in [3.63, 3.8) is 0 Å². The fourth-order valence-electron chi connectivity index (χ4n) is 4.39. The van der Waals surface area contributed by atoms with Gasteiger partial charge in [-0.1, -0.05) is 26.0 Å². The number of nitrogens with one attached hydrogen (secondary N) is 1. The highest BCUT2D eigenvalue weighted by Gasteiger charge is 2.18. The molecule has 0 aliphatic heterocycles. The first-order valence-electron chi connectivity index (χ1n) is 12.1. The molecule has 4 aromatic rings. The number of aryl methyl sites for hydroxylation is 1. The van der Waals surface area contributed by atoms with Crippen LogP contribution in [-0.2, 0) is 9.84 Å². The lowest BCUT2D eigenvalue weighted by Gasteiger charge is -2.19. The SMILES string of the molecule is CCN(CCO)CCCOc1ccc(-c2cccc(S(=O)(=O)CC)c2)c2c1[nH]c1ncc(C)cc12. The number of H-pyrrole nitrogens is 1. The molecule has 2 N–H and O–H groups in total. The summed E-state index contributed by atoms with van der Waals surface area (Å²) in [5, 5.41) is 11.1. The Hall–Kier alpha value is -2.94. The second kappa shape index (κ2) is 10.8. The van der Waals surface area contributed by atoms with Crippen molar-refractivity contribution < 1.29 is 18.3 Å². The smallest absolute Gasteiger partial charge is 0.178 e. The lowest BCUT2D eigenvalue weighted by Crippen LogP contribution is -2.28. The Balaban J connectivity index is 1.75. The van der Waals surface area contributed by atoms with E-state index in [1.165, 1.54) is 0 Å². The molecule has 4 rings (SSSR count). The Bertz CT molecular complexity index is 1430. The van der Waals surface area contributed by atoms with E-state index in [2.05, 4.69) is 27.9 Å². The van der Waals surface area contributed by atoms with Crippen LogP contribution in [0.1, 0.15) is 25.8 Å². The minimum Gasteiger partial charge on any atom is -0.491 e. The van der Waals surface area contributed by atoms with Crippen molar-refractivity contribution in [1.29, 1.82) is 0 Å². The van der Waals surface area contributed by atoms with Crippen LogP contribution in [0.15, 0.2) is 53.6 Å². The summed E-state index contributed by atoms with van der Waals surface area (Å²) in [6, 6.07) is 13.1. The van der Waals surface area contributed by atoms with Crippen LogP contribution >= 0.6 is 0 Å². The van der Waals surface area contributed by atoms with Gasteiger partial charge in [-0.05, 0) is 66.9 Å². The van der Waals surface area contributed by atoms with E-state index in [-0.39, 0.29) is 12.4 Å². The Labute approximate surface area is 206 Å². The third kappa shape index (κ3) is 5.34. The minimum atomic E-state index is -3.32. The van der Waals surface area contributed by atoms with Crippen LogP contribution < -0.4 is 4.74 Å². The number of likely N-dealkylation sites (N-methyl/N-ethyl adjacent to an activating group) is 1. The maximum atomic E-state index is 12.5. The zero-order valence-corrected chi connectivity index (χ0v) is 21.4. The molecule has 0 bridgehead atoms. The molecule has 2 aromatic heterocycles. The summed E-state index contributed by atoms with van der Waals surface area (Å²) in [6.45, 7) is 8.84. The highest BCUT2D eigenvalue weighted by Crippen LogP contribution is 2.39. The number of aliphatic hydroxyl groups is 1. The quantitative estimate of drug-likeness (QED) is 0.296. The van der Waals surface area contributed by atoms with Gasteiger partial charge in [0.2, 0.25) is 0 Å². The third-order valence-electron chi connectivity index (χ3n) is 6.33. The molecule has 0 unspecified atom stereocenters. The van der Waals surface area contributed by atoms with Crippen molar-refractivity contribution in [1.82, 2.24) is 14.9 Å². The number of rotatable bonds is 11. The summed E-state index contributed by atoms with van der Waals surface area (Å²) in [4.78, 5) is 10.5. The molecule has 2 aromatic carbocycles. The van der Waals surface area contributed by atoms with Gasteiger partial charge in [-0.25, -0.2) is 13.4 Å². The number of aliphatic hydroxyl groups excluding tert-OH is 1. The van der Waals surface area contributed by atoms with E-state index < -0.39 is 9.84 Å². The van der Waals surface area contributed by atoms with Gasteiger partial charge >= 0.3 is 0 Å². The summed E-state index contributed by atoms with van der Waals surface area (Å²) < 4.78 is 31.2. The van der Waals surface area contributed by atoms with Crippen LogP contribution in [-0.4, -0.2) is 67.0 Å². The second-order valence-electron chi connectivity index (χ2n) is 8.69. The van der Waals surface area contributed by atoms with Gasteiger partial charge in [0.05, 0.1) is 29.4 Å². The summed E-state index contributed by atoms with van der Waals surface area (Å²) in [7, 11) is -3.32. The monoisotopic (exact) mass is 495 g/mol. The summed E-state index contributed by atoms with van der Waals surface area (Å²) in [6.07, 6.45) is 2.67. The number of sulfone groups is 1. The molecule has 0 spiro atoms. The minimum absolute atomic E-state index is 0.0581. The van der Waals surface area contributed by atoms with Crippen molar-refractivity contribution in [3.05, 3.63) is 54.2 Å². The Morgan fingerprint density at radius 1 is 1.11 bits per heavy atom. The number of pyridine rings is 1. The van der Waals surface area contributed by atoms with Crippen LogP contribution in [0.25, 0.3) is 33.1 Å². The van der Waals surface area contributed by atoms with Crippen LogP contribution in [0.5, 0.6) is 5.75 Å². The largest absolute Gasteiger partial charge is 0.491 e. The number of aromatic nitrogens is 2. The summed E-state index contributed by atoms with van der Waals surface area (Å²) in [5.74, 6) is 0.796. The maximum Gasteiger partial charge on any atom is 0.178 e. The number of hydrogen-bond donors (Lipinski definition) is 2. The second-order valence-corrected chi connectivity index (χ2v) is 11.0. The van der Waals surface area contributed by atoms with Gasteiger partial charge < -0.3 is 19.7 Å². The maximum absolute atomic E-state index is 12.5. The first-order chi connectivity index (χ1) is 16.9. The standard InChI is InChI=1S/C27H33N3O4S/c1-4-30(13-14-31)12-7-15-34-24-11-10-22(20-8-6-9-21(17-20)35(32,33)5-2)25-23-16-19(3)18-28-27(23)29-26(24)25/h6,8-11,16-18,31H,4-5,7,12-15H2,1-3H3,(H,28,29). The van der Waals surface area contributed by atoms with Gasteiger partial charge in [0.15, 0.2) is 9.84 Å². The molecular weight excluding hydrogens is 462 g/mol. The van der Waals surface area contributed by atoms with Crippen LogP contribution in [0.2, 0.25) is 0 Å². The van der Waals surface area contributed by atoms with Crippen molar-refractivity contribution in [3.8, 4) is 16.9 Å². The van der Waals surface area contributed by atoms with Crippen LogP contribution in [0.3, 0.4) is 0 Å². The molecule has 0 atom stereocenters. The molecule has 186 valence electrons. The number of aromatic amines is 1. The average molecular weight is 496 g/mol. The Kier molecular flexibility index (Phi) is 7.74. The third-order valence-corrected chi connectivity index (χ3v) is 8.06. The Morgan fingerprint density at radius 2 is 1.94 bits per heavy atom. The molecule has 0 saturated heterocycles. The highest BCUT2D eigenvalue weighted by molar-refractivity contribution is 7.91. The molecule has 0 aliphatic rings. The van der Waals surface area contributed by atoms with E-state index in [0.717, 1.165) is 63.9 Å². The highest BCUT2D eigenvalue weighted by atomic mass is 32.2. The van der Waals surface area contributed by atoms with Gasteiger partial charge in [0.1, 0.15) is 11.4 Å². The van der Waals surface area contributed by atoms with E-state index in [1.54, 1.807) is 25.1 Å². The van der Waals surface area contributed by atoms with Crippen LogP contribution in [0, 0.1) is 6.92 Å². The Morgan fingerprint density at radius 3 is 2.69 bits per heavy atom. The van der Waals surface area contributed by atoms with E-state index in [4.69, 9.17) is 4.74 Å². The molecular formula is C27H33N3O4S. The van der Waals surface area contributed by atoms with Gasteiger partial charge in [-0.2, -0.15) is 0 Å². The molecule has 0 radical (unpaired) electrons. The molecule has 8 heteroatoms. The first-order valence-corrected chi connectivity index (χ1v) is 13.7. The van der Waals surface area contributed by atoms with E-state index in [1.807, 2.05) is 31.3 Å². The topological polar surface area (TPSA) is 95.5 Å². The van der Waals surface area contributed by atoms with Gasteiger partial charge in [0.25, 0.3) is 0 Å². The van der Waals surface area contributed by atoms with E-state index in [9.17, 15) is 13.5 Å². The summed E-state index contributed by atoms with van der Waals surface area (Å²) in [5.41, 5.74) is 4.42. The van der Waals surface area contributed by atoms with Crippen molar-refractivity contribution >= 4 is 31.8 Å². The van der Waals surface area contributed by atoms with E-state index in [0.29, 0.717) is 18.0 Å². The zero-order chi connectivity index (χ0) is 25.0. The zero-order valence-electron chi connectivity index (χ0n) is 20.5. The molecule has 35 heavy (non-hydrogen) atoms. The molecule has 2 heterocycles. The van der Waals surface area contributed by atoms with Crippen molar-refractivity contribution in [2.24, 2.45) is 0 Å². The van der Waals surface area contributed by atoms with Crippen molar-refractivity contribution in [2.75, 3.05) is 38.6 Å². The fourth-order valence-corrected chi connectivity index (χ4v) is 5.32. The molecule has 0 aliphatic carbocycles. The lowest BCUT2D eigenvalue weighted by molar-refractivity contribution is 0.189. The van der Waals surface area contributed by atoms with Gasteiger partial charge in [-0.3, -0.25) is 0 Å². The first kappa shape index (κ1) is 25.2. The molecule has 0 fully saturated rings. The molecule has 0 amide bonds. The van der Waals surface area contributed by atoms with Gasteiger partial charge in [-0.15, -0.1) is 0 Å². The molecule has 0 saturated carbocycles. The van der Waals surface area contributed by atoms with Gasteiger partial charge in [0, 0.05) is 30.1 Å². The summed E-state index contributed by atoms with van der Waals surface area (Å²) >= 11 is 0. The average Bonchev–Trinajstić information content (AvgIpc) is 3.25. The lowest BCUT2D eigenvalue weighted by atomic mass is 9.99. The number of ether oxygens (including phenoxy) is 1. The fraction of sp³-hybridized carbons (Fsp3) is 0.370. The predicted molar refractivity (Wildman–Crippen MR) is 141 cm³/mol. The van der Waals surface area contributed by atoms with E-state index >= 15 is 0 Å². The number of nitrogens with zero attached hydrogens (tertiary/aromatic N) is 2. The molecule has 7 nitrogen and oxygen atoms in total. The number of benzene rings is 2. The van der Waals surface area contributed by atoms with Crippen LogP contribution in [0.4, 0.5) is 0 Å². The predicted octanol–water partition coefficient (Wildman–Crippen LogP) is 4.57. The number of fused-ring (bicyclic) bond motifs is 3. The number of hydrogen-bond acceptors (Lipinski definition) is 6. The van der Waals surface area contributed by atoms with Crippen molar-refractivity contribution in [2.45, 2.75) is 32.1 Å². The normalized spacial score (nSPS) is 12.1.